The van der Waals surface area contributed by atoms with Gasteiger partial charge in [-0.3, -0.25) is 15.5 Å². The molecule has 134 valence electrons. The number of sulfonamides is 1. The third-order valence-corrected chi connectivity index (χ3v) is 5.74. The second kappa shape index (κ2) is 8.74. The fourth-order valence-corrected chi connectivity index (χ4v) is 3.80. The number of hydrogen-bond acceptors (Lipinski definition) is 6. The fourth-order valence-electron chi connectivity index (χ4n) is 2.18. The molecule has 0 fully saturated rings. The van der Waals surface area contributed by atoms with E-state index >= 15 is 0 Å². The first kappa shape index (κ1) is 20.0. The van der Waals surface area contributed by atoms with Crippen molar-refractivity contribution in [3.05, 3.63) is 28.3 Å². The molecule has 0 amide bonds. The van der Waals surface area contributed by atoms with Crippen LogP contribution in [-0.2, 0) is 10.0 Å². The number of nitro groups is 1. The highest BCUT2D eigenvalue weighted by molar-refractivity contribution is 7.89. The number of nitrogens with zero attached hydrogens (tertiary/aromatic N) is 3. The molecule has 1 aromatic carbocycles. The average molecular weight is 356 g/mol. The lowest BCUT2D eigenvalue weighted by Crippen LogP contribution is -2.31. The molecule has 8 nitrogen and oxygen atoms in total. The summed E-state index contributed by atoms with van der Waals surface area (Å²) >= 11 is 0. The van der Waals surface area contributed by atoms with E-state index in [1.165, 1.54) is 16.4 Å². The third kappa shape index (κ3) is 4.51. The van der Waals surface area contributed by atoms with Gasteiger partial charge in [-0.05, 0) is 18.9 Å². The van der Waals surface area contributed by atoms with Crippen LogP contribution in [0.1, 0.15) is 40.5 Å². The van der Waals surface area contributed by atoms with Crippen molar-refractivity contribution in [3.63, 3.8) is 0 Å². The molecule has 0 atom stereocenters. The van der Waals surface area contributed by atoms with Crippen molar-refractivity contribution in [1.82, 2.24) is 4.31 Å². The normalized spacial score (nSPS) is 11.4. The molecule has 0 aliphatic carbocycles. The first-order valence-corrected chi connectivity index (χ1v) is 9.35. The van der Waals surface area contributed by atoms with Gasteiger partial charge < -0.3 is 0 Å². The Kier molecular flexibility index (Phi) is 7.30. The number of non-ortho nitro benzene ring substituents is 1. The van der Waals surface area contributed by atoms with E-state index in [1.54, 1.807) is 13.8 Å². The highest BCUT2D eigenvalue weighted by Crippen LogP contribution is 2.29. The zero-order valence-corrected chi connectivity index (χ0v) is 15.3. The Bertz CT molecular complexity index is 706. The smallest absolute Gasteiger partial charge is 0.270 e. The Labute approximate surface area is 142 Å². The van der Waals surface area contributed by atoms with Crippen LogP contribution in [0.3, 0.4) is 0 Å². The Balaban J connectivity index is 3.45. The number of hydrazone groups is 1. The predicted octanol–water partition coefficient (Wildman–Crippen LogP) is 3.21. The van der Waals surface area contributed by atoms with Crippen molar-refractivity contribution in [2.45, 2.75) is 45.4 Å². The molecular formula is C15H24N4O4S. The molecule has 0 saturated heterocycles. The van der Waals surface area contributed by atoms with Gasteiger partial charge in [0.25, 0.3) is 5.69 Å². The second-order valence-corrected chi connectivity index (χ2v) is 6.93. The van der Waals surface area contributed by atoms with Gasteiger partial charge in [-0.15, -0.1) is 0 Å². The van der Waals surface area contributed by atoms with Crippen LogP contribution in [0.5, 0.6) is 0 Å². The number of benzene rings is 1. The summed E-state index contributed by atoms with van der Waals surface area (Å²) in [5.41, 5.74) is 3.58. The van der Waals surface area contributed by atoms with Crippen molar-refractivity contribution < 1.29 is 13.3 Å². The summed E-state index contributed by atoms with van der Waals surface area (Å²) in [7, 11) is -3.85. The van der Waals surface area contributed by atoms with E-state index in [-0.39, 0.29) is 29.4 Å². The molecule has 0 saturated carbocycles. The molecular weight excluding hydrogens is 332 g/mol. The van der Waals surface area contributed by atoms with Gasteiger partial charge in [-0.1, -0.05) is 27.7 Å². The van der Waals surface area contributed by atoms with Crippen molar-refractivity contribution in [2.75, 3.05) is 18.5 Å². The van der Waals surface area contributed by atoms with Gasteiger partial charge in [0.05, 0.1) is 10.6 Å². The van der Waals surface area contributed by atoms with Gasteiger partial charge in [0, 0.05) is 30.9 Å². The summed E-state index contributed by atoms with van der Waals surface area (Å²) in [6, 6.07) is 3.71. The molecule has 1 rings (SSSR count). The molecule has 0 aliphatic heterocycles. The molecule has 0 bridgehead atoms. The van der Waals surface area contributed by atoms with Crippen molar-refractivity contribution in [3.8, 4) is 0 Å². The van der Waals surface area contributed by atoms with E-state index < -0.39 is 14.9 Å². The van der Waals surface area contributed by atoms with Crippen molar-refractivity contribution >= 4 is 27.1 Å². The van der Waals surface area contributed by atoms with Crippen LogP contribution in [0.25, 0.3) is 0 Å². The van der Waals surface area contributed by atoms with E-state index in [4.69, 9.17) is 0 Å². The number of hydrogen-bond donors (Lipinski definition) is 1. The molecule has 0 unspecified atom stereocenters. The second-order valence-electron chi connectivity index (χ2n) is 5.02. The summed E-state index contributed by atoms with van der Waals surface area (Å²) in [5, 5.41) is 15.2. The standard InChI is InChI=1S/C15H24N4O4S/c1-5-12(6-2)16-17-14-10-9-13(19(20)21)11-15(14)24(22,23)18(7-3)8-4/h9-11,17H,5-8H2,1-4H3. The molecule has 1 aromatic rings. The Hall–Kier alpha value is -2.00. The highest BCUT2D eigenvalue weighted by atomic mass is 32.2. The fraction of sp³-hybridized carbons (Fsp3) is 0.533. The maximum absolute atomic E-state index is 12.8. The van der Waals surface area contributed by atoms with Gasteiger partial charge in [-0.2, -0.15) is 9.41 Å². The van der Waals surface area contributed by atoms with Crippen LogP contribution in [0.2, 0.25) is 0 Å². The van der Waals surface area contributed by atoms with Crippen molar-refractivity contribution in [2.24, 2.45) is 5.10 Å². The van der Waals surface area contributed by atoms with Gasteiger partial charge in [0.15, 0.2) is 0 Å². The van der Waals surface area contributed by atoms with E-state index in [0.717, 1.165) is 24.6 Å². The quantitative estimate of drug-likeness (QED) is 0.415. The summed E-state index contributed by atoms with van der Waals surface area (Å²) in [6.45, 7) is 7.89. The van der Waals surface area contributed by atoms with Gasteiger partial charge in [-0.25, -0.2) is 8.42 Å². The monoisotopic (exact) mass is 356 g/mol. The van der Waals surface area contributed by atoms with Gasteiger partial charge in [0.2, 0.25) is 10.0 Å². The molecule has 0 spiro atoms. The summed E-state index contributed by atoms with van der Waals surface area (Å²) in [5.74, 6) is 0. The highest BCUT2D eigenvalue weighted by Gasteiger charge is 2.27. The first-order chi connectivity index (χ1) is 11.3. The number of nitro benzene ring substituents is 1. The molecule has 0 aromatic heterocycles. The first-order valence-electron chi connectivity index (χ1n) is 7.91. The van der Waals surface area contributed by atoms with Crippen molar-refractivity contribution in [1.29, 1.82) is 0 Å². The summed E-state index contributed by atoms with van der Waals surface area (Å²) in [4.78, 5) is 10.3. The van der Waals surface area contributed by atoms with Crippen LogP contribution in [0, 0.1) is 10.1 Å². The zero-order chi connectivity index (χ0) is 18.3. The van der Waals surface area contributed by atoms with E-state index in [1.807, 2.05) is 13.8 Å². The Morgan fingerprint density at radius 3 is 2.25 bits per heavy atom. The number of nitrogens with one attached hydrogen (secondary N) is 1. The van der Waals surface area contributed by atoms with Crippen LogP contribution >= 0.6 is 0 Å². The van der Waals surface area contributed by atoms with E-state index in [0.29, 0.717) is 0 Å². The molecule has 9 heteroatoms. The van der Waals surface area contributed by atoms with Crippen LogP contribution in [0.4, 0.5) is 11.4 Å². The number of rotatable bonds is 9. The third-order valence-electron chi connectivity index (χ3n) is 3.65. The Morgan fingerprint density at radius 2 is 1.79 bits per heavy atom. The average Bonchev–Trinajstić information content (AvgIpc) is 2.56. The molecule has 0 heterocycles. The van der Waals surface area contributed by atoms with Crippen LogP contribution in [-0.4, -0.2) is 36.4 Å². The maximum Gasteiger partial charge on any atom is 0.270 e. The largest absolute Gasteiger partial charge is 0.277 e. The van der Waals surface area contributed by atoms with E-state index in [9.17, 15) is 18.5 Å². The van der Waals surface area contributed by atoms with E-state index in [2.05, 4.69) is 10.5 Å². The predicted molar refractivity (Wildman–Crippen MR) is 94.8 cm³/mol. The zero-order valence-electron chi connectivity index (χ0n) is 14.4. The lowest BCUT2D eigenvalue weighted by Gasteiger charge is -2.20. The van der Waals surface area contributed by atoms with Crippen LogP contribution < -0.4 is 5.43 Å². The minimum absolute atomic E-state index is 0.143. The topological polar surface area (TPSA) is 105 Å². The molecule has 24 heavy (non-hydrogen) atoms. The lowest BCUT2D eigenvalue weighted by atomic mass is 10.2. The SMILES string of the molecule is CCC(CC)=NNc1ccc([N+](=O)[O-])cc1S(=O)(=O)N(CC)CC. The van der Waals surface area contributed by atoms with Gasteiger partial charge in [0.1, 0.15) is 4.90 Å². The molecule has 0 radical (unpaired) electrons. The van der Waals surface area contributed by atoms with Crippen LogP contribution in [0.15, 0.2) is 28.2 Å². The Morgan fingerprint density at radius 1 is 1.21 bits per heavy atom. The molecule has 0 aliphatic rings. The molecule has 1 N–H and O–H groups in total. The summed E-state index contributed by atoms with van der Waals surface area (Å²) < 4.78 is 26.8. The minimum Gasteiger partial charge on any atom is -0.277 e. The van der Waals surface area contributed by atoms with Gasteiger partial charge >= 0.3 is 0 Å². The maximum atomic E-state index is 12.8. The minimum atomic E-state index is -3.85. The summed E-state index contributed by atoms with van der Waals surface area (Å²) in [6.07, 6.45) is 1.46. The lowest BCUT2D eigenvalue weighted by molar-refractivity contribution is -0.385. The number of anilines is 1.